The van der Waals surface area contributed by atoms with Crippen LogP contribution in [0.3, 0.4) is 0 Å². The van der Waals surface area contributed by atoms with Gasteiger partial charge < -0.3 is 14.4 Å². The summed E-state index contributed by atoms with van der Waals surface area (Å²) in [6.45, 7) is 3.95. The van der Waals surface area contributed by atoms with Crippen LogP contribution in [0.5, 0.6) is 11.5 Å². The maximum absolute atomic E-state index is 11.0. The molecule has 1 fully saturated rings. The van der Waals surface area contributed by atoms with Gasteiger partial charge in [0.15, 0.2) is 11.5 Å². The van der Waals surface area contributed by atoms with Gasteiger partial charge in [-0.2, -0.15) is 5.26 Å². The summed E-state index contributed by atoms with van der Waals surface area (Å²) in [6, 6.07) is 11.0. The van der Waals surface area contributed by atoms with E-state index in [4.69, 9.17) is 9.47 Å². The molecular formula is C20H21N3O3. The van der Waals surface area contributed by atoms with Gasteiger partial charge in [0.25, 0.3) is 0 Å². The topological polar surface area (TPSA) is 75.5 Å². The number of carbonyl (C=O) groups excluding carboxylic acids is 1. The number of nitriles is 1. The van der Waals surface area contributed by atoms with E-state index in [9.17, 15) is 10.1 Å². The molecule has 2 aromatic rings. The van der Waals surface area contributed by atoms with Crippen molar-refractivity contribution in [3.8, 4) is 17.6 Å². The molecule has 0 spiro atoms. The highest BCUT2D eigenvalue weighted by molar-refractivity contribution is 5.76. The number of carbonyl (C=O) groups is 1. The van der Waals surface area contributed by atoms with Crippen LogP contribution >= 0.6 is 0 Å². The average molecular weight is 351 g/mol. The normalized spacial score (nSPS) is 14.5. The largest absolute Gasteiger partial charge is 0.490 e. The van der Waals surface area contributed by atoms with Gasteiger partial charge in [0.1, 0.15) is 24.3 Å². The molecule has 134 valence electrons. The number of pyridine rings is 1. The number of rotatable bonds is 6. The van der Waals surface area contributed by atoms with Crippen molar-refractivity contribution < 1.29 is 14.3 Å². The fourth-order valence-electron chi connectivity index (χ4n) is 3.06. The minimum absolute atomic E-state index is 0.0572. The zero-order valence-corrected chi connectivity index (χ0v) is 14.7. The van der Waals surface area contributed by atoms with Gasteiger partial charge in [0, 0.05) is 37.7 Å². The Balaban J connectivity index is 1.66. The van der Waals surface area contributed by atoms with Gasteiger partial charge in [-0.15, -0.1) is 0 Å². The van der Waals surface area contributed by atoms with Gasteiger partial charge in [0.2, 0.25) is 0 Å². The first kappa shape index (κ1) is 17.7. The molecule has 1 aliphatic rings. The summed E-state index contributed by atoms with van der Waals surface area (Å²) in [4.78, 5) is 17.4. The van der Waals surface area contributed by atoms with Crippen LogP contribution in [0.4, 0.5) is 5.82 Å². The van der Waals surface area contributed by atoms with Gasteiger partial charge in [0.05, 0.1) is 12.2 Å². The summed E-state index contributed by atoms with van der Waals surface area (Å²) in [5.74, 6) is 1.99. The number of aldehydes is 1. The lowest BCUT2D eigenvalue weighted by Gasteiger charge is -2.33. The highest BCUT2D eigenvalue weighted by Gasteiger charge is 2.24. The molecular weight excluding hydrogens is 330 g/mol. The molecule has 6 nitrogen and oxygen atoms in total. The second-order valence-corrected chi connectivity index (χ2v) is 6.05. The minimum atomic E-state index is 0.0572. The quantitative estimate of drug-likeness (QED) is 0.744. The maximum Gasteiger partial charge on any atom is 0.161 e. The van der Waals surface area contributed by atoms with Crippen molar-refractivity contribution in [3.63, 3.8) is 0 Å². The van der Waals surface area contributed by atoms with Gasteiger partial charge in [-0.3, -0.25) is 4.79 Å². The molecule has 0 unspecified atom stereocenters. The molecule has 2 heterocycles. The Bertz CT molecular complexity index is 808. The molecule has 1 saturated heterocycles. The van der Waals surface area contributed by atoms with Gasteiger partial charge >= 0.3 is 0 Å². The Hall–Kier alpha value is -3.07. The molecule has 0 bridgehead atoms. The summed E-state index contributed by atoms with van der Waals surface area (Å²) < 4.78 is 11.7. The lowest BCUT2D eigenvalue weighted by molar-refractivity contribution is 0.112. The summed E-state index contributed by atoms with van der Waals surface area (Å²) in [7, 11) is 0. The number of ether oxygens (including phenoxy) is 2. The molecule has 0 N–H and O–H groups in total. The number of aromatic nitrogens is 1. The summed E-state index contributed by atoms with van der Waals surface area (Å²) in [5, 5.41) is 9.24. The molecule has 1 aromatic heterocycles. The molecule has 1 aliphatic heterocycles. The zero-order chi connectivity index (χ0) is 18.4. The lowest BCUT2D eigenvalue weighted by Crippen LogP contribution is -2.39. The molecule has 0 aliphatic carbocycles. The van der Waals surface area contributed by atoms with Crippen molar-refractivity contribution in [1.82, 2.24) is 4.98 Å². The zero-order valence-electron chi connectivity index (χ0n) is 14.7. The summed E-state index contributed by atoms with van der Waals surface area (Å²) >= 11 is 0. The van der Waals surface area contributed by atoms with E-state index < -0.39 is 0 Å². The van der Waals surface area contributed by atoms with Crippen molar-refractivity contribution in [3.05, 3.63) is 47.7 Å². The second kappa shape index (κ2) is 8.34. The highest BCUT2D eigenvalue weighted by atomic mass is 16.5. The number of benzene rings is 1. The number of hydrogen-bond donors (Lipinski definition) is 0. The smallest absolute Gasteiger partial charge is 0.161 e. The third-order valence-corrected chi connectivity index (χ3v) is 4.35. The van der Waals surface area contributed by atoms with Crippen LogP contribution in [0, 0.1) is 11.3 Å². The fourth-order valence-corrected chi connectivity index (χ4v) is 3.06. The molecule has 0 radical (unpaired) electrons. The number of hydrogen-bond acceptors (Lipinski definition) is 6. The van der Waals surface area contributed by atoms with Gasteiger partial charge in [-0.25, -0.2) is 4.98 Å². The van der Waals surface area contributed by atoms with Crippen LogP contribution in [0.15, 0.2) is 36.5 Å². The van der Waals surface area contributed by atoms with Crippen LogP contribution in [0.2, 0.25) is 0 Å². The van der Waals surface area contributed by atoms with Crippen LogP contribution in [0.25, 0.3) is 0 Å². The van der Waals surface area contributed by atoms with Crippen molar-refractivity contribution in [2.75, 3.05) is 24.6 Å². The van der Waals surface area contributed by atoms with Crippen LogP contribution in [-0.2, 0) is 0 Å². The van der Waals surface area contributed by atoms with Crippen molar-refractivity contribution >= 4 is 12.1 Å². The van der Waals surface area contributed by atoms with E-state index in [2.05, 4.69) is 16.0 Å². The monoisotopic (exact) mass is 351 g/mol. The van der Waals surface area contributed by atoms with Crippen molar-refractivity contribution in [1.29, 1.82) is 5.26 Å². The van der Waals surface area contributed by atoms with E-state index in [1.807, 2.05) is 6.92 Å². The highest BCUT2D eigenvalue weighted by Crippen LogP contribution is 2.31. The third-order valence-electron chi connectivity index (χ3n) is 4.35. The number of nitrogens with zero attached hydrogens (tertiary/aromatic N) is 3. The Morgan fingerprint density at radius 3 is 2.81 bits per heavy atom. The van der Waals surface area contributed by atoms with Crippen LogP contribution in [-0.4, -0.2) is 37.1 Å². The van der Waals surface area contributed by atoms with E-state index in [1.54, 1.807) is 36.5 Å². The summed E-state index contributed by atoms with van der Waals surface area (Å²) in [6.07, 6.45) is 4.21. The van der Waals surface area contributed by atoms with Gasteiger partial charge in [-0.05, 0) is 37.3 Å². The number of piperidine rings is 1. The Labute approximate surface area is 153 Å². The molecule has 1 aromatic carbocycles. The molecule has 0 saturated carbocycles. The molecule has 0 atom stereocenters. The van der Waals surface area contributed by atoms with Crippen LogP contribution < -0.4 is 14.4 Å². The first-order valence-electron chi connectivity index (χ1n) is 8.74. The summed E-state index contributed by atoms with van der Waals surface area (Å²) in [5.41, 5.74) is 1.16. The standard InChI is InChI=1S/C20H21N3O3/c1-2-25-19-12-15(14-24)5-6-18(19)26-17-7-10-23(11-8-17)20-16(13-21)4-3-9-22-20/h3-6,9,12,14,17H,2,7-8,10-11H2,1H3. The van der Waals surface area contributed by atoms with Gasteiger partial charge in [-0.1, -0.05) is 0 Å². The third kappa shape index (κ3) is 3.94. The number of anilines is 1. The van der Waals surface area contributed by atoms with E-state index in [1.165, 1.54) is 0 Å². The minimum Gasteiger partial charge on any atom is -0.490 e. The Morgan fingerprint density at radius 1 is 1.31 bits per heavy atom. The van der Waals surface area contributed by atoms with E-state index in [-0.39, 0.29) is 6.10 Å². The van der Waals surface area contributed by atoms with E-state index in [0.717, 1.165) is 38.0 Å². The first-order valence-corrected chi connectivity index (χ1v) is 8.74. The van der Waals surface area contributed by atoms with E-state index in [0.29, 0.717) is 29.2 Å². The van der Waals surface area contributed by atoms with Crippen LogP contribution in [0.1, 0.15) is 35.7 Å². The fraction of sp³-hybridized carbons (Fsp3) is 0.350. The Kier molecular flexibility index (Phi) is 5.69. The molecule has 26 heavy (non-hydrogen) atoms. The predicted octanol–water partition coefficient (Wildman–Crippen LogP) is 3.21. The SMILES string of the molecule is CCOc1cc(C=O)ccc1OC1CCN(c2ncccc2C#N)CC1. The van der Waals surface area contributed by atoms with Crippen molar-refractivity contribution in [2.24, 2.45) is 0 Å². The molecule has 6 heteroatoms. The molecule has 0 amide bonds. The predicted molar refractivity (Wildman–Crippen MR) is 97.8 cm³/mol. The second-order valence-electron chi connectivity index (χ2n) is 6.05. The van der Waals surface area contributed by atoms with Crippen molar-refractivity contribution in [2.45, 2.75) is 25.9 Å². The molecule has 3 rings (SSSR count). The Morgan fingerprint density at radius 2 is 2.12 bits per heavy atom. The first-order chi connectivity index (χ1) is 12.7. The average Bonchev–Trinajstić information content (AvgIpc) is 2.70. The van der Waals surface area contributed by atoms with E-state index >= 15 is 0 Å². The maximum atomic E-state index is 11.0. The lowest BCUT2D eigenvalue weighted by atomic mass is 10.1.